The highest BCUT2D eigenvalue weighted by atomic mass is 79.9. The molecule has 0 radical (unpaired) electrons. The second kappa shape index (κ2) is 7.56. The lowest BCUT2D eigenvalue weighted by Gasteiger charge is -2.11. The van der Waals surface area contributed by atoms with Crippen molar-refractivity contribution in [1.82, 2.24) is 0 Å². The summed E-state index contributed by atoms with van der Waals surface area (Å²) in [4.78, 5) is 23.9. The molecule has 0 saturated heterocycles. The van der Waals surface area contributed by atoms with Crippen molar-refractivity contribution in [3.63, 3.8) is 0 Å². The highest BCUT2D eigenvalue weighted by Gasteiger charge is 2.17. The van der Waals surface area contributed by atoms with Gasteiger partial charge in [0, 0.05) is 17.0 Å². The Morgan fingerprint density at radius 3 is 2.73 bits per heavy atom. The van der Waals surface area contributed by atoms with E-state index in [1.807, 2.05) is 37.3 Å². The second-order valence-electron chi connectivity index (χ2n) is 4.95. The predicted molar refractivity (Wildman–Crippen MR) is 91.5 cm³/mol. The van der Waals surface area contributed by atoms with Gasteiger partial charge in [0.1, 0.15) is 0 Å². The van der Waals surface area contributed by atoms with Gasteiger partial charge in [0.25, 0.3) is 0 Å². The number of aliphatic carboxylic acids is 1. The molecule has 1 aromatic heterocycles. The average molecular weight is 382 g/mol. The van der Waals surface area contributed by atoms with Gasteiger partial charge < -0.3 is 10.4 Å². The van der Waals surface area contributed by atoms with E-state index in [4.69, 9.17) is 5.11 Å². The molecule has 1 amide bonds. The number of thiophene rings is 1. The third-order valence-corrected chi connectivity index (χ3v) is 5.04. The molecule has 4 nitrogen and oxygen atoms in total. The van der Waals surface area contributed by atoms with E-state index >= 15 is 0 Å². The largest absolute Gasteiger partial charge is 0.481 e. The van der Waals surface area contributed by atoms with Crippen LogP contribution in [0.1, 0.15) is 29.7 Å². The van der Waals surface area contributed by atoms with Gasteiger partial charge in [-0.1, -0.05) is 12.1 Å². The number of rotatable bonds is 6. The quantitative estimate of drug-likeness (QED) is 0.784. The maximum Gasteiger partial charge on any atom is 0.303 e. The van der Waals surface area contributed by atoms with Crippen LogP contribution in [-0.2, 0) is 16.0 Å². The minimum absolute atomic E-state index is 0.0789. The molecule has 1 unspecified atom stereocenters. The van der Waals surface area contributed by atoms with Crippen LogP contribution in [0.5, 0.6) is 0 Å². The monoisotopic (exact) mass is 381 g/mol. The van der Waals surface area contributed by atoms with Gasteiger partial charge in [0.15, 0.2) is 0 Å². The fraction of sp³-hybridized carbons (Fsp3) is 0.250. The Balaban J connectivity index is 2.02. The summed E-state index contributed by atoms with van der Waals surface area (Å²) in [6.45, 7) is 1.86. The van der Waals surface area contributed by atoms with Gasteiger partial charge in [-0.25, -0.2) is 0 Å². The van der Waals surface area contributed by atoms with Crippen LogP contribution in [0.3, 0.4) is 0 Å². The van der Waals surface area contributed by atoms with E-state index in [2.05, 4.69) is 21.2 Å². The first-order chi connectivity index (χ1) is 10.5. The maximum absolute atomic E-state index is 12.3. The van der Waals surface area contributed by atoms with Crippen LogP contribution in [0, 0.1) is 0 Å². The molecule has 0 bridgehead atoms. The number of nitrogens with one attached hydrogen (secondary N) is 1. The first-order valence-corrected chi connectivity index (χ1v) is 8.43. The molecule has 116 valence electrons. The average Bonchev–Trinajstić information content (AvgIpc) is 2.91. The van der Waals surface area contributed by atoms with Crippen molar-refractivity contribution in [3.05, 3.63) is 50.6 Å². The molecule has 1 heterocycles. The number of halogens is 1. The summed E-state index contributed by atoms with van der Waals surface area (Å²) in [6, 6.07) is 11.2. The van der Waals surface area contributed by atoms with Crippen LogP contribution in [0.2, 0.25) is 0 Å². The third kappa shape index (κ3) is 4.68. The molecule has 0 saturated carbocycles. The molecule has 1 atom stereocenters. The summed E-state index contributed by atoms with van der Waals surface area (Å²) in [5, 5.41) is 11.6. The van der Waals surface area contributed by atoms with Gasteiger partial charge in [-0.15, -0.1) is 11.3 Å². The number of carboxylic acids is 1. The van der Waals surface area contributed by atoms with Crippen LogP contribution >= 0.6 is 27.3 Å². The normalized spacial score (nSPS) is 11.9. The Morgan fingerprint density at radius 1 is 1.32 bits per heavy atom. The number of aryl methyl sites for hydroxylation is 1. The number of carbonyl (C=O) groups is 2. The molecule has 2 N–H and O–H groups in total. The highest BCUT2D eigenvalue weighted by Crippen LogP contribution is 2.29. The molecule has 0 aliphatic carbocycles. The first kappa shape index (κ1) is 16.7. The zero-order chi connectivity index (χ0) is 16.1. The molecule has 1 aromatic carbocycles. The standard InChI is InChI=1S/C16H16BrNO3S/c1-10(13-6-7-14(17)22-13)16(21)18-12-4-2-3-11(9-12)5-8-15(19)20/h2-4,6-7,9-10H,5,8H2,1H3,(H,18,21)(H,19,20). The second-order valence-corrected chi connectivity index (χ2v) is 7.44. The van der Waals surface area contributed by atoms with Crippen LogP contribution in [0.25, 0.3) is 0 Å². The number of hydrogen-bond acceptors (Lipinski definition) is 3. The fourth-order valence-electron chi connectivity index (χ4n) is 2.00. The van der Waals surface area contributed by atoms with E-state index in [-0.39, 0.29) is 18.2 Å². The zero-order valence-corrected chi connectivity index (χ0v) is 14.4. The number of hydrogen-bond donors (Lipinski definition) is 2. The number of carboxylic acid groups (broad SMARTS) is 1. The minimum atomic E-state index is -0.827. The Hall–Kier alpha value is -1.66. The summed E-state index contributed by atoms with van der Waals surface area (Å²) >= 11 is 4.93. The molecule has 22 heavy (non-hydrogen) atoms. The van der Waals surface area contributed by atoms with E-state index in [0.29, 0.717) is 12.1 Å². The number of carbonyl (C=O) groups excluding carboxylic acids is 1. The summed E-state index contributed by atoms with van der Waals surface area (Å²) in [7, 11) is 0. The minimum Gasteiger partial charge on any atom is -0.481 e. The van der Waals surface area contributed by atoms with Crippen molar-refractivity contribution in [2.45, 2.75) is 25.7 Å². The Bertz CT molecular complexity index is 684. The number of benzene rings is 1. The molecule has 0 spiro atoms. The maximum atomic E-state index is 12.3. The Kier molecular flexibility index (Phi) is 5.74. The van der Waals surface area contributed by atoms with Gasteiger partial charge in [-0.05, 0) is 59.1 Å². The topological polar surface area (TPSA) is 66.4 Å². The van der Waals surface area contributed by atoms with Crippen molar-refractivity contribution >= 4 is 44.8 Å². The Labute approximate surface area is 141 Å². The highest BCUT2D eigenvalue weighted by molar-refractivity contribution is 9.11. The fourth-order valence-corrected chi connectivity index (χ4v) is 3.47. The van der Waals surface area contributed by atoms with Gasteiger partial charge in [-0.3, -0.25) is 9.59 Å². The molecular weight excluding hydrogens is 366 g/mol. The van der Waals surface area contributed by atoms with Crippen molar-refractivity contribution in [2.75, 3.05) is 5.32 Å². The molecule has 0 aliphatic rings. The lowest BCUT2D eigenvalue weighted by molar-refractivity contribution is -0.137. The lowest BCUT2D eigenvalue weighted by atomic mass is 10.1. The van der Waals surface area contributed by atoms with Gasteiger partial charge in [0.2, 0.25) is 5.91 Å². The van der Waals surface area contributed by atoms with Crippen molar-refractivity contribution in [3.8, 4) is 0 Å². The van der Waals surface area contributed by atoms with E-state index in [9.17, 15) is 9.59 Å². The van der Waals surface area contributed by atoms with E-state index in [1.54, 1.807) is 6.07 Å². The molecule has 0 fully saturated rings. The first-order valence-electron chi connectivity index (χ1n) is 6.82. The lowest BCUT2D eigenvalue weighted by Crippen LogP contribution is -2.18. The molecule has 2 aromatic rings. The number of amides is 1. The van der Waals surface area contributed by atoms with E-state index < -0.39 is 5.97 Å². The molecule has 2 rings (SSSR count). The van der Waals surface area contributed by atoms with Crippen LogP contribution in [-0.4, -0.2) is 17.0 Å². The van der Waals surface area contributed by atoms with E-state index in [1.165, 1.54) is 11.3 Å². The van der Waals surface area contributed by atoms with Crippen LogP contribution in [0.4, 0.5) is 5.69 Å². The summed E-state index contributed by atoms with van der Waals surface area (Å²) in [6.07, 6.45) is 0.531. The van der Waals surface area contributed by atoms with Crippen molar-refractivity contribution < 1.29 is 14.7 Å². The summed E-state index contributed by atoms with van der Waals surface area (Å²) in [5.41, 5.74) is 1.59. The van der Waals surface area contributed by atoms with Crippen molar-refractivity contribution in [2.24, 2.45) is 0 Å². The predicted octanol–water partition coefficient (Wildman–Crippen LogP) is 4.27. The number of anilines is 1. The van der Waals surface area contributed by atoms with Crippen molar-refractivity contribution in [1.29, 1.82) is 0 Å². The molecule has 6 heteroatoms. The zero-order valence-electron chi connectivity index (χ0n) is 12.0. The van der Waals surface area contributed by atoms with Crippen LogP contribution in [0.15, 0.2) is 40.2 Å². The van der Waals surface area contributed by atoms with Gasteiger partial charge in [-0.2, -0.15) is 0 Å². The molecule has 0 aliphatic heterocycles. The third-order valence-electron chi connectivity index (χ3n) is 3.24. The SMILES string of the molecule is CC(C(=O)Nc1cccc(CCC(=O)O)c1)c1ccc(Br)s1. The van der Waals surface area contributed by atoms with Gasteiger partial charge in [0.05, 0.1) is 9.70 Å². The smallest absolute Gasteiger partial charge is 0.303 e. The molecular formula is C16H16BrNO3S. The summed E-state index contributed by atoms with van der Waals surface area (Å²) < 4.78 is 0.998. The van der Waals surface area contributed by atoms with Gasteiger partial charge >= 0.3 is 5.97 Å². The van der Waals surface area contributed by atoms with Crippen LogP contribution < -0.4 is 5.32 Å². The Morgan fingerprint density at radius 2 is 2.09 bits per heavy atom. The van der Waals surface area contributed by atoms with E-state index in [0.717, 1.165) is 14.2 Å². The summed E-state index contributed by atoms with van der Waals surface area (Å²) in [5.74, 6) is -1.14.